The molecule has 0 radical (unpaired) electrons. The second-order valence-corrected chi connectivity index (χ2v) is 5.05. The van der Waals surface area contributed by atoms with Gasteiger partial charge in [-0.3, -0.25) is 0 Å². The van der Waals surface area contributed by atoms with Crippen molar-refractivity contribution in [2.24, 2.45) is 0 Å². The van der Waals surface area contributed by atoms with Crippen molar-refractivity contribution in [1.82, 2.24) is 5.32 Å². The van der Waals surface area contributed by atoms with Gasteiger partial charge in [0.1, 0.15) is 23.1 Å². The molecule has 2 rings (SSSR count). The number of rotatable bonds is 5. The van der Waals surface area contributed by atoms with E-state index in [2.05, 4.69) is 5.32 Å². The van der Waals surface area contributed by atoms with Crippen LogP contribution in [0.4, 0.5) is 8.78 Å². The number of benzene rings is 2. The lowest BCUT2D eigenvalue weighted by molar-refractivity contribution is 0.458. The van der Waals surface area contributed by atoms with Crippen molar-refractivity contribution in [3.05, 3.63) is 58.6 Å². The van der Waals surface area contributed by atoms with Crippen molar-refractivity contribution in [2.75, 3.05) is 6.54 Å². The van der Waals surface area contributed by atoms with E-state index < -0.39 is 5.82 Å². The van der Waals surface area contributed by atoms with Gasteiger partial charge in [-0.05, 0) is 49.9 Å². The molecule has 2 nitrogen and oxygen atoms in total. The van der Waals surface area contributed by atoms with E-state index in [1.807, 2.05) is 13.8 Å². The van der Waals surface area contributed by atoms with Gasteiger partial charge < -0.3 is 10.1 Å². The van der Waals surface area contributed by atoms with Crippen molar-refractivity contribution in [3.8, 4) is 11.5 Å². The molecule has 2 aromatic carbocycles. The van der Waals surface area contributed by atoms with Crippen LogP contribution in [0.25, 0.3) is 0 Å². The van der Waals surface area contributed by atoms with Crippen LogP contribution in [-0.4, -0.2) is 6.54 Å². The van der Waals surface area contributed by atoms with E-state index in [9.17, 15) is 8.78 Å². The summed E-state index contributed by atoms with van der Waals surface area (Å²) in [5.41, 5.74) is 0.678. The highest BCUT2D eigenvalue weighted by molar-refractivity contribution is 6.32. The smallest absolute Gasteiger partial charge is 0.146 e. The molecule has 2 aromatic rings. The minimum Gasteiger partial charge on any atom is -0.455 e. The Hall–Kier alpha value is -1.65. The van der Waals surface area contributed by atoms with Crippen LogP contribution in [0, 0.1) is 11.6 Å². The lowest BCUT2D eigenvalue weighted by atomic mass is 10.1. The standard InChI is InChI=1S/C16H16ClF2NO/c1-3-20-10(2)13-8-11(18)4-6-15(13)21-16-7-5-12(19)9-14(16)17/h4-10,20H,3H2,1-2H3. The molecule has 21 heavy (non-hydrogen) atoms. The molecule has 0 heterocycles. The van der Waals surface area contributed by atoms with Gasteiger partial charge in [-0.1, -0.05) is 18.5 Å². The molecule has 0 saturated carbocycles. The monoisotopic (exact) mass is 311 g/mol. The first-order valence-electron chi connectivity index (χ1n) is 6.67. The van der Waals surface area contributed by atoms with Gasteiger partial charge in [0.05, 0.1) is 5.02 Å². The number of halogens is 3. The summed E-state index contributed by atoms with van der Waals surface area (Å²) in [6.45, 7) is 4.62. The van der Waals surface area contributed by atoms with E-state index >= 15 is 0 Å². The Morgan fingerprint density at radius 2 is 1.71 bits per heavy atom. The highest BCUT2D eigenvalue weighted by atomic mass is 35.5. The number of hydrogen-bond acceptors (Lipinski definition) is 2. The van der Waals surface area contributed by atoms with Crippen LogP contribution in [-0.2, 0) is 0 Å². The third-order valence-corrected chi connectivity index (χ3v) is 3.36. The van der Waals surface area contributed by atoms with Crippen LogP contribution < -0.4 is 10.1 Å². The number of hydrogen-bond donors (Lipinski definition) is 1. The summed E-state index contributed by atoms with van der Waals surface area (Å²) in [4.78, 5) is 0. The maximum atomic E-state index is 13.5. The van der Waals surface area contributed by atoms with Gasteiger partial charge in [-0.25, -0.2) is 8.78 Å². The van der Waals surface area contributed by atoms with Crippen LogP contribution in [0.1, 0.15) is 25.5 Å². The fourth-order valence-corrected chi connectivity index (χ4v) is 2.25. The lowest BCUT2D eigenvalue weighted by Gasteiger charge is -2.18. The van der Waals surface area contributed by atoms with Crippen molar-refractivity contribution in [2.45, 2.75) is 19.9 Å². The Balaban J connectivity index is 2.34. The fraction of sp³-hybridized carbons (Fsp3) is 0.250. The van der Waals surface area contributed by atoms with Gasteiger partial charge in [0, 0.05) is 11.6 Å². The molecular formula is C16H16ClF2NO. The number of nitrogens with one attached hydrogen (secondary N) is 1. The molecule has 0 amide bonds. The van der Waals surface area contributed by atoms with Crippen molar-refractivity contribution < 1.29 is 13.5 Å². The maximum absolute atomic E-state index is 13.5. The van der Waals surface area contributed by atoms with E-state index in [1.165, 1.54) is 36.4 Å². The molecule has 0 bridgehead atoms. The van der Waals surface area contributed by atoms with Crippen LogP contribution in [0.2, 0.25) is 5.02 Å². The lowest BCUT2D eigenvalue weighted by Crippen LogP contribution is -2.18. The highest BCUT2D eigenvalue weighted by Crippen LogP contribution is 2.34. The summed E-state index contributed by atoms with van der Waals surface area (Å²) < 4.78 is 32.2. The van der Waals surface area contributed by atoms with Gasteiger partial charge in [-0.2, -0.15) is 0 Å². The quantitative estimate of drug-likeness (QED) is 0.831. The Labute approximate surface area is 127 Å². The second kappa shape index (κ2) is 6.87. The SMILES string of the molecule is CCNC(C)c1cc(F)ccc1Oc1ccc(F)cc1Cl. The third-order valence-electron chi connectivity index (χ3n) is 3.06. The molecule has 1 N–H and O–H groups in total. The van der Waals surface area contributed by atoms with Gasteiger partial charge in [-0.15, -0.1) is 0 Å². The summed E-state index contributed by atoms with van der Waals surface area (Å²) in [5, 5.41) is 3.37. The maximum Gasteiger partial charge on any atom is 0.146 e. The normalized spacial score (nSPS) is 12.2. The summed E-state index contributed by atoms with van der Waals surface area (Å²) in [7, 11) is 0. The zero-order valence-electron chi connectivity index (χ0n) is 11.8. The van der Waals surface area contributed by atoms with E-state index in [4.69, 9.17) is 16.3 Å². The van der Waals surface area contributed by atoms with Gasteiger partial charge in [0.2, 0.25) is 0 Å². The Kier molecular flexibility index (Phi) is 5.15. The minimum absolute atomic E-state index is 0.0834. The zero-order chi connectivity index (χ0) is 15.4. The van der Waals surface area contributed by atoms with Crippen molar-refractivity contribution in [3.63, 3.8) is 0 Å². The molecular weight excluding hydrogens is 296 g/mol. The van der Waals surface area contributed by atoms with E-state index in [-0.39, 0.29) is 16.9 Å². The highest BCUT2D eigenvalue weighted by Gasteiger charge is 2.14. The summed E-state index contributed by atoms with van der Waals surface area (Å²) in [6.07, 6.45) is 0. The van der Waals surface area contributed by atoms with Gasteiger partial charge in [0.25, 0.3) is 0 Å². The van der Waals surface area contributed by atoms with E-state index in [1.54, 1.807) is 0 Å². The summed E-state index contributed by atoms with van der Waals surface area (Å²) in [6, 6.07) is 8.07. The van der Waals surface area contributed by atoms with E-state index in [0.29, 0.717) is 17.1 Å². The minimum atomic E-state index is -0.437. The van der Waals surface area contributed by atoms with Crippen molar-refractivity contribution >= 4 is 11.6 Å². The molecule has 0 aromatic heterocycles. The molecule has 0 saturated heterocycles. The first-order chi connectivity index (χ1) is 10.0. The molecule has 0 fully saturated rings. The van der Waals surface area contributed by atoms with Crippen LogP contribution >= 0.6 is 11.6 Å². The largest absolute Gasteiger partial charge is 0.455 e. The van der Waals surface area contributed by atoms with Crippen LogP contribution in [0.3, 0.4) is 0 Å². The van der Waals surface area contributed by atoms with Gasteiger partial charge >= 0.3 is 0 Å². The topological polar surface area (TPSA) is 21.3 Å². The summed E-state index contributed by atoms with van der Waals surface area (Å²) in [5.74, 6) is 0.0352. The third kappa shape index (κ3) is 3.93. The average Bonchev–Trinajstić information content (AvgIpc) is 2.43. The summed E-state index contributed by atoms with van der Waals surface area (Å²) >= 11 is 5.95. The first kappa shape index (κ1) is 15.7. The molecule has 1 unspecified atom stereocenters. The zero-order valence-corrected chi connectivity index (χ0v) is 12.5. The molecule has 0 aliphatic heterocycles. The molecule has 5 heteroatoms. The number of ether oxygens (including phenoxy) is 1. The second-order valence-electron chi connectivity index (χ2n) is 4.64. The predicted octanol–water partition coefficient (Wildman–Crippen LogP) is 5.08. The molecule has 0 aliphatic rings. The molecule has 0 aliphatic carbocycles. The molecule has 1 atom stereocenters. The van der Waals surface area contributed by atoms with Crippen LogP contribution in [0.15, 0.2) is 36.4 Å². The molecule has 0 spiro atoms. The van der Waals surface area contributed by atoms with E-state index in [0.717, 1.165) is 6.54 Å². The Morgan fingerprint density at radius 1 is 1.10 bits per heavy atom. The fourth-order valence-electron chi connectivity index (χ4n) is 2.04. The Bertz CT molecular complexity index is 634. The van der Waals surface area contributed by atoms with Crippen LogP contribution in [0.5, 0.6) is 11.5 Å². The predicted molar refractivity (Wildman–Crippen MR) is 80.0 cm³/mol. The average molecular weight is 312 g/mol. The Morgan fingerprint density at radius 3 is 2.33 bits per heavy atom. The van der Waals surface area contributed by atoms with Crippen molar-refractivity contribution in [1.29, 1.82) is 0 Å². The first-order valence-corrected chi connectivity index (χ1v) is 7.04. The van der Waals surface area contributed by atoms with Gasteiger partial charge in [0.15, 0.2) is 0 Å². The molecule has 112 valence electrons.